The van der Waals surface area contributed by atoms with Gasteiger partial charge in [-0.1, -0.05) is 66.2 Å². The van der Waals surface area contributed by atoms with Crippen LogP contribution in [-0.4, -0.2) is 113 Å². The van der Waals surface area contributed by atoms with E-state index in [1.165, 1.54) is 6.92 Å². The van der Waals surface area contributed by atoms with Crippen LogP contribution < -0.4 is 54.8 Å². The van der Waals surface area contributed by atoms with Gasteiger partial charge in [-0.25, -0.2) is 4.79 Å². The third-order valence-corrected chi connectivity index (χ3v) is 10.8. The Morgan fingerprint density at radius 1 is 0.688 bits per heavy atom. The van der Waals surface area contributed by atoms with Crippen molar-refractivity contribution >= 4 is 58.3 Å². The van der Waals surface area contributed by atoms with Crippen LogP contribution in [0.25, 0.3) is 10.9 Å². The van der Waals surface area contributed by atoms with Gasteiger partial charge in [0.2, 0.25) is 35.4 Å². The predicted molar refractivity (Wildman–Crippen MR) is 246 cm³/mol. The minimum atomic E-state index is -1.24. The number of aliphatic carboxylic acids is 1. The van der Waals surface area contributed by atoms with E-state index < -0.39 is 89.6 Å². The molecule has 1 heterocycles. The summed E-state index contributed by atoms with van der Waals surface area (Å²) < 4.78 is 0. The fourth-order valence-corrected chi connectivity index (χ4v) is 7.01. The van der Waals surface area contributed by atoms with E-state index in [2.05, 4.69) is 41.9 Å². The lowest BCUT2D eigenvalue weighted by atomic mass is 9.96. The predicted octanol–water partition coefficient (Wildman–Crippen LogP) is 0.372. The quantitative estimate of drug-likeness (QED) is 0.0300. The summed E-state index contributed by atoms with van der Waals surface area (Å²) in [5, 5.41) is 26.8. The number of nitrogens with zero attached hydrogens (tertiary/aromatic N) is 1. The molecule has 0 aliphatic carbocycles. The van der Waals surface area contributed by atoms with E-state index in [4.69, 9.17) is 22.9 Å². The Kier molecular flexibility index (Phi) is 23.3. The monoisotopic (exact) mass is 899 g/mol. The lowest BCUT2D eigenvalue weighted by molar-refractivity contribution is -0.142. The largest absolute Gasteiger partial charge is 0.480 e. The van der Waals surface area contributed by atoms with E-state index in [9.17, 15) is 38.7 Å². The Morgan fingerprint density at radius 3 is 1.88 bits per heavy atom. The maximum Gasteiger partial charge on any atom is 0.326 e. The molecule has 0 radical (unpaired) electrons. The minimum absolute atomic E-state index is 0.0398. The highest BCUT2D eigenvalue weighted by molar-refractivity contribution is 5.97. The molecule has 1 aromatic carbocycles. The molecular weight excluding hydrogens is 825 g/mol. The maximum absolute atomic E-state index is 14.1. The molecule has 16 N–H and O–H groups in total. The minimum Gasteiger partial charge on any atom is -0.480 e. The second-order valence-electron chi connectivity index (χ2n) is 17.3. The van der Waals surface area contributed by atoms with Crippen molar-refractivity contribution in [2.75, 3.05) is 13.1 Å². The number of carboxylic acid groups (broad SMARTS) is 1. The lowest BCUT2D eigenvalue weighted by Gasteiger charge is -2.29. The number of carboxylic acids is 1. The summed E-state index contributed by atoms with van der Waals surface area (Å²) in [6.07, 6.45) is 4.29. The normalized spacial score (nSPS) is 15.1. The number of H-pyrrole nitrogens is 1. The first-order chi connectivity index (χ1) is 30.2. The number of rotatable bonds is 29. The van der Waals surface area contributed by atoms with Gasteiger partial charge in [0.1, 0.15) is 36.3 Å². The van der Waals surface area contributed by atoms with Crippen molar-refractivity contribution in [2.24, 2.45) is 45.7 Å². The molecule has 358 valence electrons. The smallest absolute Gasteiger partial charge is 0.326 e. The number of aliphatic imine (C=N–C) groups is 1. The number of amides is 6. The molecule has 0 saturated heterocycles. The lowest BCUT2D eigenvalue weighted by Crippen LogP contribution is -2.60. The van der Waals surface area contributed by atoms with Gasteiger partial charge in [-0.3, -0.25) is 33.8 Å². The first kappa shape index (κ1) is 54.4. The summed E-state index contributed by atoms with van der Waals surface area (Å²) in [6.45, 7) is 13.1. The van der Waals surface area contributed by atoms with Gasteiger partial charge in [0.05, 0.1) is 6.04 Å². The van der Waals surface area contributed by atoms with E-state index in [0.717, 1.165) is 16.5 Å². The Balaban J connectivity index is 2.29. The molecule has 0 aliphatic rings. The zero-order chi connectivity index (χ0) is 48.1. The molecule has 0 fully saturated rings. The van der Waals surface area contributed by atoms with Crippen LogP contribution in [0.5, 0.6) is 0 Å². The highest BCUT2D eigenvalue weighted by Gasteiger charge is 2.34. The number of benzene rings is 1. The topological polar surface area (TPSA) is 344 Å². The Labute approximate surface area is 376 Å². The average molecular weight is 899 g/mol. The van der Waals surface area contributed by atoms with Gasteiger partial charge < -0.3 is 64.9 Å². The molecule has 0 saturated carbocycles. The number of fused-ring (bicyclic) bond motifs is 1. The molecule has 64 heavy (non-hydrogen) atoms. The fraction of sp³-hybridized carbons (Fsp3) is 0.636. The van der Waals surface area contributed by atoms with Gasteiger partial charge >= 0.3 is 5.97 Å². The summed E-state index contributed by atoms with van der Waals surface area (Å²) in [5.74, 6) is -5.77. The Morgan fingerprint density at radius 2 is 1.27 bits per heavy atom. The van der Waals surface area contributed by atoms with Crippen LogP contribution in [0.3, 0.4) is 0 Å². The zero-order valence-electron chi connectivity index (χ0n) is 38.5. The molecule has 8 atom stereocenters. The van der Waals surface area contributed by atoms with Crippen LogP contribution in [-0.2, 0) is 40.0 Å². The number of nitrogens with one attached hydrogen (secondary N) is 7. The highest BCUT2D eigenvalue weighted by atomic mass is 16.4. The van der Waals surface area contributed by atoms with E-state index in [1.807, 2.05) is 58.9 Å². The molecule has 20 heteroatoms. The molecule has 0 unspecified atom stereocenters. The second kappa shape index (κ2) is 27.4. The fourth-order valence-electron chi connectivity index (χ4n) is 7.01. The number of carbonyl (C=O) groups is 7. The zero-order valence-corrected chi connectivity index (χ0v) is 38.5. The van der Waals surface area contributed by atoms with Crippen LogP contribution in [0.15, 0.2) is 35.5 Å². The molecular formula is C44H74N12O8. The molecule has 2 rings (SSSR count). The number of aromatic amines is 1. The van der Waals surface area contributed by atoms with E-state index in [-0.39, 0.29) is 56.4 Å². The van der Waals surface area contributed by atoms with Crippen molar-refractivity contribution in [3.05, 3.63) is 36.0 Å². The van der Waals surface area contributed by atoms with Crippen molar-refractivity contribution in [3.8, 4) is 0 Å². The summed E-state index contributed by atoms with van der Waals surface area (Å²) in [6, 6.07) is -0.374. The summed E-state index contributed by atoms with van der Waals surface area (Å²) >= 11 is 0. The summed E-state index contributed by atoms with van der Waals surface area (Å²) in [7, 11) is 0. The molecule has 0 aliphatic heterocycles. The number of guanidine groups is 1. The number of hydrogen-bond acceptors (Lipinski definition) is 10. The van der Waals surface area contributed by atoms with Gasteiger partial charge in [0, 0.05) is 30.1 Å². The first-order valence-corrected chi connectivity index (χ1v) is 22.3. The summed E-state index contributed by atoms with van der Waals surface area (Å²) in [4.78, 5) is 101. The molecule has 2 aromatic rings. The molecule has 0 bridgehead atoms. The Bertz CT molecular complexity index is 1880. The standard InChI is InChI=1S/C44H74N12O8/c1-8-26(6)36(56-41(61)35(55-38(58)30(46)20-24(2)3)22-28-23-50-31-15-10-9-14-29(28)31)42(62)51-27(7)37(57)54-34(21-25(4)5)40(60)52-32(17-13-19-49-44(47)48)39(59)53-33(43(63)64)16-11-12-18-45/h9-10,14-15,23-27,30,32-36,50H,8,11-13,16-22,45-46H2,1-7H3,(H,51,62)(H,52,60)(H,53,59)(H,54,57)(H,55,58)(H,56,61)(H,63,64)(H4,47,48,49)/t26-,27-,30-,32-,33-,34-,35-,36-/m0/s1. The van der Waals surface area contributed by atoms with Crippen LogP contribution in [0.2, 0.25) is 0 Å². The molecule has 0 spiro atoms. The number of aromatic nitrogens is 1. The van der Waals surface area contributed by atoms with Crippen LogP contribution in [0.1, 0.15) is 105 Å². The van der Waals surface area contributed by atoms with Gasteiger partial charge in [-0.05, 0) is 87.8 Å². The van der Waals surface area contributed by atoms with Crippen molar-refractivity contribution in [1.82, 2.24) is 36.9 Å². The van der Waals surface area contributed by atoms with Crippen LogP contribution in [0.4, 0.5) is 0 Å². The van der Waals surface area contributed by atoms with Crippen molar-refractivity contribution in [1.29, 1.82) is 0 Å². The van der Waals surface area contributed by atoms with Crippen molar-refractivity contribution < 1.29 is 38.7 Å². The summed E-state index contributed by atoms with van der Waals surface area (Å²) in [5.41, 5.74) is 24.2. The molecule has 6 amide bonds. The van der Waals surface area contributed by atoms with Gasteiger partial charge in [-0.2, -0.15) is 0 Å². The van der Waals surface area contributed by atoms with Crippen LogP contribution >= 0.6 is 0 Å². The average Bonchev–Trinajstić information content (AvgIpc) is 3.64. The van der Waals surface area contributed by atoms with Crippen molar-refractivity contribution in [2.45, 2.75) is 149 Å². The number of nitrogens with two attached hydrogens (primary N) is 4. The van der Waals surface area contributed by atoms with E-state index in [1.54, 1.807) is 13.1 Å². The van der Waals surface area contributed by atoms with Gasteiger partial charge in [-0.15, -0.1) is 0 Å². The highest BCUT2D eigenvalue weighted by Crippen LogP contribution is 2.20. The first-order valence-electron chi connectivity index (χ1n) is 22.3. The third-order valence-electron chi connectivity index (χ3n) is 10.8. The van der Waals surface area contributed by atoms with Gasteiger partial charge in [0.15, 0.2) is 5.96 Å². The number of carbonyl (C=O) groups excluding carboxylic acids is 6. The SMILES string of the molecule is CC[C@H](C)[C@H](NC(=O)[C@H](Cc1c[nH]c2ccccc12)NC(=O)[C@@H](N)CC(C)C)C(=O)N[C@@H](C)C(=O)N[C@@H](CC(C)C)C(=O)N[C@@H](CCCN=C(N)N)C(=O)N[C@@H](CCCCN)C(=O)O. The number of hydrogen-bond donors (Lipinski definition) is 12. The molecule has 1 aromatic heterocycles. The van der Waals surface area contributed by atoms with E-state index in [0.29, 0.717) is 32.2 Å². The van der Waals surface area contributed by atoms with Crippen LogP contribution in [0, 0.1) is 17.8 Å². The molecule has 20 nitrogen and oxygen atoms in total. The number of unbranched alkanes of at least 4 members (excludes halogenated alkanes) is 1. The number of para-hydroxylation sites is 1. The third kappa shape index (κ3) is 18.5. The Hall–Kier alpha value is -5.76. The van der Waals surface area contributed by atoms with Crippen molar-refractivity contribution in [3.63, 3.8) is 0 Å². The maximum atomic E-state index is 14.1. The van der Waals surface area contributed by atoms with Gasteiger partial charge in [0.25, 0.3) is 0 Å². The second-order valence-corrected chi connectivity index (χ2v) is 17.3. The van der Waals surface area contributed by atoms with E-state index >= 15 is 0 Å².